The average Bonchev–Trinajstić information content (AvgIpc) is 3.40. The van der Waals surface area contributed by atoms with E-state index in [1.807, 2.05) is 47.0 Å². The number of anilines is 1. The topological polar surface area (TPSA) is 79.6 Å². The normalized spacial score (nSPS) is 14.3. The van der Waals surface area contributed by atoms with Crippen molar-refractivity contribution in [2.75, 3.05) is 18.9 Å². The van der Waals surface area contributed by atoms with E-state index in [4.69, 9.17) is 0 Å². The van der Waals surface area contributed by atoms with Gasteiger partial charge in [0.2, 0.25) is 11.8 Å². The van der Waals surface area contributed by atoms with E-state index >= 15 is 0 Å². The van der Waals surface area contributed by atoms with Gasteiger partial charge in [0.05, 0.1) is 18.6 Å². The molecule has 2 aromatic heterocycles. The molecule has 3 aromatic rings. The van der Waals surface area contributed by atoms with Crippen LogP contribution in [0.1, 0.15) is 52.9 Å². The fraction of sp³-hybridized carbons (Fsp3) is 0.385. The number of imidazole rings is 1. The number of benzene rings is 1. The Bertz CT molecular complexity index is 1180. The van der Waals surface area contributed by atoms with Crippen molar-refractivity contribution in [3.63, 3.8) is 0 Å². The van der Waals surface area contributed by atoms with Crippen molar-refractivity contribution in [1.29, 1.82) is 0 Å². The van der Waals surface area contributed by atoms with Gasteiger partial charge in [0, 0.05) is 55.8 Å². The van der Waals surface area contributed by atoms with Gasteiger partial charge in [-0.1, -0.05) is 37.3 Å². The number of carbonyl (C=O) groups excluding carboxylic acids is 2. The van der Waals surface area contributed by atoms with Gasteiger partial charge in [-0.25, -0.2) is 4.98 Å². The molecular formula is C26H31N5O2S. The first kappa shape index (κ1) is 23.9. The summed E-state index contributed by atoms with van der Waals surface area (Å²) < 4.78 is 1.95. The molecule has 34 heavy (non-hydrogen) atoms. The lowest BCUT2D eigenvalue weighted by molar-refractivity contribution is -0.132. The van der Waals surface area contributed by atoms with Crippen LogP contribution in [0.5, 0.6) is 0 Å². The van der Waals surface area contributed by atoms with Crippen LogP contribution in [-0.2, 0) is 29.1 Å². The molecule has 0 radical (unpaired) electrons. The Balaban J connectivity index is 1.42. The standard InChI is InChI=1S/C26H31N5O2S/c1-18(20-7-5-4-6-8-20)13-24(32)29-26-22(14-27-3)21-9-12-31(16-23(21)34-26)25(33)10-11-30-15-19(2)28-17-30/h4-8,14-15,17-18H,9-13,16H2,1-3H3,(H,29,32). The smallest absolute Gasteiger partial charge is 0.225 e. The molecule has 0 saturated carbocycles. The minimum absolute atomic E-state index is 0.00994. The lowest BCUT2D eigenvalue weighted by Crippen LogP contribution is -2.35. The fourth-order valence-corrected chi connectivity index (χ4v) is 5.58. The molecule has 1 N–H and O–H groups in total. The highest BCUT2D eigenvalue weighted by molar-refractivity contribution is 7.16. The van der Waals surface area contributed by atoms with Crippen LogP contribution in [0.2, 0.25) is 0 Å². The molecule has 0 saturated heterocycles. The molecule has 2 amide bonds. The molecule has 0 aliphatic carbocycles. The molecule has 3 heterocycles. The van der Waals surface area contributed by atoms with Crippen molar-refractivity contribution >= 4 is 34.4 Å². The molecule has 7 nitrogen and oxygen atoms in total. The largest absolute Gasteiger partial charge is 0.337 e. The predicted octanol–water partition coefficient (Wildman–Crippen LogP) is 4.41. The van der Waals surface area contributed by atoms with Gasteiger partial charge >= 0.3 is 0 Å². The van der Waals surface area contributed by atoms with Gasteiger partial charge in [0.15, 0.2) is 0 Å². The second-order valence-corrected chi connectivity index (χ2v) is 9.87. The molecule has 8 heteroatoms. The summed E-state index contributed by atoms with van der Waals surface area (Å²) in [5.74, 6) is 0.258. The fourth-order valence-electron chi connectivity index (χ4n) is 4.33. The molecule has 1 aliphatic heterocycles. The van der Waals surface area contributed by atoms with Crippen molar-refractivity contribution in [2.24, 2.45) is 4.99 Å². The quantitative estimate of drug-likeness (QED) is 0.488. The van der Waals surface area contributed by atoms with Gasteiger partial charge < -0.3 is 14.8 Å². The zero-order valence-electron chi connectivity index (χ0n) is 20.0. The summed E-state index contributed by atoms with van der Waals surface area (Å²) >= 11 is 1.56. The number of aliphatic imine (C=N–C) groups is 1. The van der Waals surface area contributed by atoms with Crippen molar-refractivity contribution in [3.05, 3.63) is 70.1 Å². The van der Waals surface area contributed by atoms with Gasteiger partial charge in [-0.05, 0) is 30.4 Å². The van der Waals surface area contributed by atoms with E-state index in [-0.39, 0.29) is 17.7 Å². The summed E-state index contributed by atoms with van der Waals surface area (Å²) in [5, 5.41) is 3.94. The van der Waals surface area contributed by atoms with Gasteiger partial charge in [-0.2, -0.15) is 0 Å². The Kier molecular flexibility index (Phi) is 7.57. The van der Waals surface area contributed by atoms with E-state index in [0.717, 1.165) is 33.1 Å². The molecule has 1 unspecified atom stereocenters. The molecule has 0 spiro atoms. The summed E-state index contributed by atoms with van der Waals surface area (Å²) in [7, 11) is 1.74. The Labute approximate surface area is 204 Å². The van der Waals surface area contributed by atoms with E-state index in [1.54, 1.807) is 24.7 Å². The summed E-state index contributed by atoms with van der Waals surface area (Å²) in [6.07, 6.45) is 7.16. The van der Waals surface area contributed by atoms with E-state index in [2.05, 4.69) is 34.3 Å². The SMILES string of the molecule is CN=Cc1c(NC(=O)CC(C)c2ccccc2)sc2c1CCN(C(=O)CCn1cnc(C)c1)C2. The maximum Gasteiger partial charge on any atom is 0.225 e. The summed E-state index contributed by atoms with van der Waals surface area (Å²) in [4.78, 5) is 37.2. The number of amides is 2. The second kappa shape index (κ2) is 10.8. The number of aryl methyl sites for hydroxylation is 2. The van der Waals surface area contributed by atoms with Crippen LogP contribution >= 0.6 is 11.3 Å². The number of hydrogen-bond acceptors (Lipinski definition) is 5. The molecule has 0 bridgehead atoms. The lowest BCUT2D eigenvalue weighted by Gasteiger charge is -2.27. The maximum absolute atomic E-state index is 12.8. The number of rotatable bonds is 8. The summed E-state index contributed by atoms with van der Waals surface area (Å²) in [5.41, 5.74) is 4.27. The van der Waals surface area contributed by atoms with E-state index in [9.17, 15) is 9.59 Å². The van der Waals surface area contributed by atoms with Crippen LogP contribution in [0, 0.1) is 6.92 Å². The highest BCUT2D eigenvalue weighted by Crippen LogP contribution is 2.36. The van der Waals surface area contributed by atoms with Crippen LogP contribution < -0.4 is 5.32 Å². The first-order chi connectivity index (χ1) is 16.4. The number of nitrogens with one attached hydrogen (secondary N) is 1. The van der Waals surface area contributed by atoms with Crippen LogP contribution in [0.3, 0.4) is 0 Å². The highest BCUT2D eigenvalue weighted by atomic mass is 32.1. The van der Waals surface area contributed by atoms with Gasteiger partial charge in [0.25, 0.3) is 0 Å². The monoisotopic (exact) mass is 477 g/mol. The average molecular weight is 478 g/mol. The van der Waals surface area contributed by atoms with Gasteiger partial charge in [-0.15, -0.1) is 11.3 Å². The third-order valence-corrected chi connectivity index (χ3v) is 7.32. The number of hydrogen-bond donors (Lipinski definition) is 1. The van der Waals surface area contributed by atoms with Crippen LogP contribution in [0.25, 0.3) is 0 Å². The Morgan fingerprint density at radius 3 is 2.79 bits per heavy atom. The van der Waals surface area contributed by atoms with Gasteiger partial charge in [-0.3, -0.25) is 14.6 Å². The number of carbonyl (C=O) groups is 2. The van der Waals surface area contributed by atoms with Gasteiger partial charge in [0.1, 0.15) is 5.00 Å². The number of nitrogens with zero attached hydrogens (tertiary/aromatic N) is 4. The van der Waals surface area contributed by atoms with E-state index in [1.165, 1.54) is 5.56 Å². The molecular weight excluding hydrogens is 446 g/mol. The summed E-state index contributed by atoms with van der Waals surface area (Å²) in [6.45, 7) is 5.88. The van der Waals surface area contributed by atoms with Crippen molar-refractivity contribution in [1.82, 2.24) is 14.5 Å². The Morgan fingerprint density at radius 1 is 1.29 bits per heavy atom. The molecule has 178 valence electrons. The molecule has 1 atom stereocenters. The minimum Gasteiger partial charge on any atom is -0.337 e. The Hall–Kier alpha value is -3.26. The molecule has 1 aliphatic rings. The first-order valence-electron chi connectivity index (χ1n) is 11.6. The first-order valence-corrected chi connectivity index (χ1v) is 12.4. The Morgan fingerprint density at radius 2 is 2.09 bits per heavy atom. The molecule has 0 fully saturated rings. The highest BCUT2D eigenvalue weighted by Gasteiger charge is 2.27. The van der Waals surface area contributed by atoms with Crippen molar-refractivity contribution in [2.45, 2.75) is 52.1 Å². The third kappa shape index (κ3) is 5.62. The molecule has 4 rings (SSSR count). The zero-order valence-corrected chi connectivity index (χ0v) is 20.8. The second-order valence-electron chi connectivity index (χ2n) is 8.77. The van der Waals surface area contributed by atoms with Crippen LogP contribution in [0.4, 0.5) is 5.00 Å². The third-order valence-electron chi connectivity index (χ3n) is 6.17. The van der Waals surface area contributed by atoms with Crippen LogP contribution in [0.15, 0.2) is 47.8 Å². The number of thiophene rings is 1. The van der Waals surface area contributed by atoms with Crippen LogP contribution in [-0.4, -0.2) is 46.1 Å². The van der Waals surface area contributed by atoms with Crippen molar-refractivity contribution in [3.8, 4) is 0 Å². The minimum atomic E-state index is -0.00994. The lowest BCUT2D eigenvalue weighted by atomic mass is 9.97. The zero-order chi connectivity index (χ0) is 24.1. The molecule has 1 aromatic carbocycles. The number of aromatic nitrogens is 2. The maximum atomic E-state index is 12.8. The predicted molar refractivity (Wildman–Crippen MR) is 137 cm³/mol. The van der Waals surface area contributed by atoms with E-state index in [0.29, 0.717) is 32.5 Å². The van der Waals surface area contributed by atoms with E-state index < -0.39 is 0 Å². The summed E-state index contributed by atoms with van der Waals surface area (Å²) in [6, 6.07) is 10.1. The van der Waals surface area contributed by atoms with Crippen molar-refractivity contribution < 1.29 is 9.59 Å². The number of fused-ring (bicyclic) bond motifs is 1.